The van der Waals surface area contributed by atoms with Crippen LogP contribution in [0.3, 0.4) is 0 Å². The zero-order chi connectivity index (χ0) is 15.6. The summed E-state index contributed by atoms with van der Waals surface area (Å²) in [7, 11) is 0. The number of phenolic OH excluding ortho intramolecular Hbond substituents is 1. The lowest BCUT2D eigenvalue weighted by molar-refractivity contribution is 0.464. The highest BCUT2D eigenvalue weighted by Gasteiger charge is 2.10. The van der Waals surface area contributed by atoms with Crippen molar-refractivity contribution >= 4 is 0 Å². The zero-order valence-corrected chi connectivity index (χ0v) is 13.4. The topological polar surface area (TPSA) is 46.2 Å². The first-order valence-electron chi connectivity index (χ1n) is 7.53. The summed E-state index contributed by atoms with van der Waals surface area (Å²) in [6.45, 7) is 9.08. The van der Waals surface area contributed by atoms with Gasteiger partial charge in [-0.15, -0.1) is 0 Å². The molecule has 0 amide bonds. The molecule has 0 saturated carbocycles. The predicted molar refractivity (Wildman–Crippen MR) is 88.8 cm³/mol. The first-order valence-corrected chi connectivity index (χ1v) is 7.53. The van der Waals surface area contributed by atoms with Crippen LogP contribution in [0.1, 0.15) is 53.1 Å². The summed E-state index contributed by atoms with van der Waals surface area (Å²) in [6, 6.07) is 10.3. The molecule has 112 valence electrons. The highest BCUT2D eigenvalue weighted by Crippen LogP contribution is 2.28. The Hall–Kier alpha value is -1.80. The second-order valence-electron chi connectivity index (χ2n) is 6.14. The summed E-state index contributed by atoms with van der Waals surface area (Å²) in [5, 5.41) is 9.94. The maximum Gasteiger partial charge on any atom is 0.119 e. The van der Waals surface area contributed by atoms with Gasteiger partial charge in [0, 0.05) is 6.54 Å². The number of aryl methyl sites for hydroxylation is 2. The molecule has 2 aromatic rings. The Balaban J connectivity index is 2.37. The molecule has 0 atom stereocenters. The molecule has 0 unspecified atom stereocenters. The van der Waals surface area contributed by atoms with E-state index in [-0.39, 0.29) is 0 Å². The predicted octanol–water partition coefficient (Wildman–Crippen LogP) is 4.18. The fourth-order valence-corrected chi connectivity index (χ4v) is 2.86. The van der Waals surface area contributed by atoms with E-state index in [9.17, 15) is 5.11 Å². The van der Waals surface area contributed by atoms with E-state index in [2.05, 4.69) is 45.9 Å². The molecule has 21 heavy (non-hydrogen) atoms. The monoisotopic (exact) mass is 283 g/mol. The molecule has 0 heterocycles. The Morgan fingerprint density at radius 2 is 1.62 bits per heavy atom. The zero-order valence-electron chi connectivity index (χ0n) is 13.4. The molecule has 0 aliphatic rings. The van der Waals surface area contributed by atoms with Crippen LogP contribution in [-0.4, -0.2) is 5.11 Å². The van der Waals surface area contributed by atoms with Gasteiger partial charge in [-0.05, 0) is 65.6 Å². The van der Waals surface area contributed by atoms with E-state index >= 15 is 0 Å². The molecule has 0 spiro atoms. The number of rotatable bonds is 4. The van der Waals surface area contributed by atoms with E-state index in [0.717, 1.165) is 12.0 Å². The molecule has 0 aliphatic heterocycles. The second kappa shape index (κ2) is 6.31. The van der Waals surface area contributed by atoms with Gasteiger partial charge in [0.25, 0.3) is 0 Å². The lowest BCUT2D eigenvalue weighted by Gasteiger charge is -2.14. The van der Waals surface area contributed by atoms with Crippen molar-refractivity contribution in [3.8, 4) is 5.75 Å². The molecule has 0 bridgehead atoms. The molecule has 3 N–H and O–H groups in total. The summed E-state index contributed by atoms with van der Waals surface area (Å²) < 4.78 is 0. The Kier molecular flexibility index (Phi) is 4.69. The largest absolute Gasteiger partial charge is 0.508 e. The lowest BCUT2D eigenvalue weighted by Crippen LogP contribution is -2.02. The smallest absolute Gasteiger partial charge is 0.119 e. The highest BCUT2D eigenvalue weighted by molar-refractivity contribution is 5.44. The van der Waals surface area contributed by atoms with Crippen LogP contribution in [-0.2, 0) is 13.0 Å². The van der Waals surface area contributed by atoms with E-state index in [4.69, 9.17) is 5.73 Å². The Bertz CT molecular complexity index is 621. The molecule has 0 aliphatic carbocycles. The first kappa shape index (κ1) is 15.6. The fraction of sp³-hybridized carbons (Fsp3) is 0.368. The standard InChI is InChI=1S/C19H25NO/c1-12(2)17-9-15(5-6-19(17)21)10-18-13(3)7-16(11-20)8-14(18)4/h5-9,12,21H,10-11,20H2,1-4H3. The lowest BCUT2D eigenvalue weighted by atomic mass is 9.92. The molecule has 0 radical (unpaired) electrons. The third-order valence-corrected chi connectivity index (χ3v) is 4.09. The average Bonchev–Trinajstić information content (AvgIpc) is 2.43. The molecule has 0 fully saturated rings. The van der Waals surface area contributed by atoms with E-state index < -0.39 is 0 Å². The van der Waals surface area contributed by atoms with E-state index in [1.807, 2.05) is 12.1 Å². The summed E-state index contributed by atoms with van der Waals surface area (Å²) in [6.07, 6.45) is 0.891. The van der Waals surface area contributed by atoms with Crippen molar-refractivity contribution in [3.05, 3.63) is 63.7 Å². The molecular formula is C19H25NO. The van der Waals surface area contributed by atoms with Gasteiger partial charge in [0.15, 0.2) is 0 Å². The van der Waals surface area contributed by atoms with Crippen LogP contribution in [0.15, 0.2) is 30.3 Å². The number of hydrogen-bond acceptors (Lipinski definition) is 2. The minimum Gasteiger partial charge on any atom is -0.508 e. The van der Waals surface area contributed by atoms with Crippen molar-refractivity contribution in [1.82, 2.24) is 0 Å². The molecule has 2 heteroatoms. The maximum atomic E-state index is 9.94. The van der Waals surface area contributed by atoms with Crippen LogP contribution in [0.5, 0.6) is 5.75 Å². The van der Waals surface area contributed by atoms with Gasteiger partial charge in [0.1, 0.15) is 5.75 Å². The summed E-state index contributed by atoms with van der Waals surface area (Å²) in [5.74, 6) is 0.715. The van der Waals surface area contributed by atoms with E-state index in [0.29, 0.717) is 18.2 Å². The normalized spacial score (nSPS) is 11.1. The Morgan fingerprint density at radius 1 is 1.00 bits per heavy atom. The van der Waals surface area contributed by atoms with Gasteiger partial charge >= 0.3 is 0 Å². The van der Waals surface area contributed by atoms with Crippen LogP contribution in [0.2, 0.25) is 0 Å². The SMILES string of the molecule is Cc1cc(CN)cc(C)c1Cc1ccc(O)c(C(C)C)c1. The summed E-state index contributed by atoms with van der Waals surface area (Å²) in [5.41, 5.74) is 13.1. The Morgan fingerprint density at radius 3 is 2.14 bits per heavy atom. The van der Waals surface area contributed by atoms with Crippen molar-refractivity contribution in [2.45, 2.75) is 46.6 Å². The van der Waals surface area contributed by atoms with E-state index in [1.54, 1.807) is 0 Å². The first-order chi connectivity index (χ1) is 9.92. The number of phenols is 1. The number of benzene rings is 2. The van der Waals surface area contributed by atoms with Gasteiger partial charge in [-0.2, -0.15) is 0 Å². The maximum absolute atomic E-state index is 9.94. The van der Waals surface area contributed by atoms with Gasteiger partial charge in [-0.1, -0.05) is 38.1 Å². The van der Waals surface area contributed by atoms with Gasteiger partial charge in [-0.25, -0.2) is 0 Å². The third kappa shape index (κ3) is 3.45. The van der Waals surface area contributed by atoms with Gasteiger partial charge in [0.2, 0.25) is 0 Å². The van der Waals surface area contributed by atoms with Crippen molar-refractivity contribution in [3.63, 3.8) is 0 Å². The number of hydrogen-bond donors (Lipinski definition) is 2. The van der Waals surface area contributed by atoms with Crippen LogP contribution in [0.25, 0.3) is 0 Å². The van der Waals surface area contributed by atoms with Crippen LogP contribution < -0.4 is 5.73 Å². The molecule has 2 nitrogen and oxygen atoms in total. The molecule has 0 saturated heterocycles. The molecule has 2 aromatic carbocycles. The summed E-state index contributed by atoms with van der Waals surface area (Å²) >= 11 is 0. The van der Waals surface area contributed by atoms with Gasteiger partial charge in [0.05, 0.1) is 0 Å². The van der Waals surface area contributed by atoms with Gasteiger partial charge in [-0.3, -0.25) is 0 Å². The third-order valence-electron chi connectivity index (χ3n) is 4.09. The number of nitrogens with two attached hydrogens (primary N) is 1. The summed E-state index contributed by atoms with van der Waals surface area (Å²) in [4.78, 5) is 0. The quantitative estimate of drug-likeness (QED) is 0.884. The van der Waals surface area contributed by atoms with Crippen LogP contribution in [0, 0.1) is 13.8 Å². The van der Waals surface area contributed by atoms with E-state index in [1.165, 1.54) is 27.8 Å². The van der Waals surface area contributed by atoms with Crippen molar-refractivity contribution in [2.75, 3.05) is 0 Å². The Labute approximate surface area is 127 Å². The van der Waals surface area contributed by atoms with Crippen LogP contribution >= 0.6 is 0 Å². The molecule has 0 aromatic heterocycles. The average molecular weight is 283 g/mol. The highest BCUT2D eigenvalue weighted by atomic mass is 16.3. The fourth-order valence-electron chi connectivity index (χ4n) is 2.86. The van der Waals surface area contributed by atoms with Crippen molar-refractivity contribution < 1.29 is 5.11 Å². The second-order valence-corrected chi connectivity index (χ2v) is 6.14. The minimum absolute atomic E-state index is 0.326. The molecular weight excluding hydrogens is 258 g/mol. The van der Waals surface area contributed by atoms with Gasteiger partial charge < -0.3 is 10.8 Å². The van der Waals surface area contributed by atoms with Crippen LogP contribution in [0.4, 0.5) is 0 Å². The molecule has 2 rings (SSSR count). The van der Waals surface area contributed by atoms with Crippen molar-refractivity contribution in [2.24, 2.45) is 5.73 Å². The minimum atomic E-state index is 0.326. The van der Waals surface area contributed by atoms with Crippen molar-refractivity contribution in [1.29, 1.82) is 0 Å². The number of aromatic hydroxyl groups is 1.